The van der Waals surface area contributed by atoms with Crippen LogP contribution in [0.5, 0.6) is 0 Å². The monoisotopic (exact) mass is 365 g/mol. The summed E-state index contributed by atoms with van der Waals surface area (Å²) in [5.74, 6) is 1.53. The van der Waals surface area contributed by atoms with Crippen molar-refractivity contribution in [3.8, 4) is 6.07 Å². The van der Waals surface area contributed by atoms with Gasteiger partial charge in [-0.05, 0) is 71.8 Å². The fourth-order valence-electron chi connectivity index (χ4n) is 3.18. The number of aromatic nitrogens is 1. The highest BCUT2D eigenvalue weighted by atomic mass is 79.9. The third-order valence-corrected chi connectivity index (χ3v) is 5.92. The van der Waals surface area contributed by atoms with Gasteiger partial charge in [0.15, 0.2) is 0 Å². The summed E-state index contributed by atoms with van der Waals surface area (Å²) in [5, 5.41) is 14.4. The summed E-state index contributed by atoms with van der Waals surface area (Å²) in [5.41, 5.74) is -0.255. The Balaban J connectivity index is 1.53. The lowest BCUT2D eigenvalue weighted by molar-refractivity contribution is 0.308. The first-order valence-electron chi connectivity index (χ1n) is 7.65. The first-order valence-corrected chi connectivity index (χ1v) is 9.43. The van der Waals surface area contributed by atoms with Crippen molar-refractivity contribution in [1.82, 2.24) is 10.3 Å². The fraction of sp³-hybridized carbons (Fsp3) is 0.625. The van der Waals surface area contributed by atoms with Crippen LogP contribution < -0.4 is 5.32 Å². The van der Waals surface area contributed by atoms with Crippen LogP contribution in [0, 0.1) is 17.2 Å². The highest BCUT2D eigenvalue weighted by Gasteiger charge is 2.45. The molecule has 3 nitrogen and oxygen atoms in total. The standard InChI is InChI=1S/C16H20BrN3S/c17-13-3-6-15(19-10-13)21-9-7-12-2-1-8-16(12,11-18)20-14-4-5-14/h3,6,10,12,14,20H,1-2,4-5,7-9H2. The highest BCUT2D eigenvalue weighted by Crippen LogP contribution is 2.40. The average molecular weight is 366 g/mol. The van der Waals surface area contributed by atoms with Gasteiger partial charge in [0, 0.05) is 16.7 Å². The van der Waals surface area contributed by atoms with Crippen LogP contribution in [0.3, 0.4) is 0 Å². The maximum Gasteiger partial charge on any atom is 0.109 e. The van der Waals surface area contributed by atoms with Gasteiger partial charge in [-0.15, -0.1) is 11.8 Å². The molecule has 2 aliphatic rings. The molecule has 1 heterocycles. The molecule has 1 N–H and O–H groups in total. The van der Waals surface area contributed by atoms with Gasteiger partial charge in [0.2, 0.25) is 0 Å². The van der Waals surface area contributed by atoms with Crippen LogP contribution in [-0.4, -0.2) is 22.3 Å². The predicted molar refractivity (Wildman–Crippen MR) is 89.1 cm³/mol. The van der Waals surface area contributed by atoms with E-state index in [-0.39, 0.29) is 5.54 Å². The van der Waals surface area contributed by atoms with Crippen LogP contribution >= 0.6 is 27.7 Å². The van der Waals surface area contributed by atoms with Crippen molar-refractivity contribution in [1.29, 1.82) is 5.26 Å². The van der Waals surface area contributed by atoms with E-state index in [1.165, 1.54) is 25.7 Å². The summed E-state index contributed by atoms with van der Waals surface area (Å²) in [4.78, 5) is 4.39. The van der Waals surface area contributed by atoms with Crippen molar-refractivity contribution < 1.29 is 0 Å². The van der Waals surface area contributed by atoms with Gasteiger partial charge >= 0.3 is 0 Å². The zero-order chi connectivity index (χ0) is 14.7. The molecule has 2 fully saturated rings. The lowest BCUT2D eigenvalue weighted by Gasteiger charge is -2.30. The van der Waals surface area contributed by atoms with Gasteiger partial charge in [0.05, 0.1) is 11.1 Å². The molecule has 2 unspecified atom stereocenters. The minimum atomic E-state index is -0.255. The topological polar surface area (TPSA) is 48.7 Å². The molecule has 2 atom stereocenters. The molecule has 1 aromatic rings. The summed E-state index contributed by atoms with van der Waals surface area (Å²) in [6, 6.07) is 7.29. The molecule has 5 heteroatoms. The molecule has 0 aliphatic heterocycles. The predicted octanol–water partition coefficient (Wildman–Crippen LogP) is 4.14. The van der Waals surface area contributed by atoms with E-state index in [2.05, 4.69) is 32.3 Å². The van der Waals surface area contributed by atoms with Crippen molar-refractivity contribution in [3.63, 3.8) is 0 Å². The summed E-state index contributed by atoms with van der Waals surface area (Å²) in [6.45, 7) is 0. The molecule has 0 radical (unpaired) electrons. The zero-order valence-corrected chi connectivity index (χ0v) is 14.4. The van der Waals surface area contributed by atoms with Gasteiger partial charge in [-0.1, -0.05) is 6.42 Å². The maximum absolute atomic E-state index is 9.67. The smallest absolute Gasteiger partial charge is 0.109 e. The lowest BCUT2D eigenvalue weighted by Crippen LogP contribution is -2.48. The minimum absolute atomic E-state index is 0.255. The van der Waals surface area contributed by atoms with Crippen LogP contribution in [0.15, 0.2) is 27.8 Å². The number of thioether (sulfide) groups is 1. The Morgan fingerprint density at radius 2 is 2.29 bits per heavy atom. The summed E-state index contributed by atoms with van der Waals surface area (Å²) in [6.07, 6.45) is 8.80. The first kappa shape index (κ1) is 15.3. The van der Waals surface area contributed by atoms with E-state index < -0.39 is 0 Å². The second kappa shape index (κ2) is 6.68. The number of rotatable bonds is 6. The molecule has 0 saturated heterocycles. The van der Waals surface area contributed by atoms with Crippen molar-refractivity contribution in [2.45, 2.75) is 55.1 Å². The van der Waals surface area contributed by atoms with Gasteiger partial charge in [-0.3, -0.25) is 5.32 Å². The number of hydrogen-bond acceptors (Lipinski definition) is 4. The van der Waals surface area contributed by atoms with Gasteiger partial charge in [-0.2, -0.15) is 5.26 Å². The lowest BCUT2D eigenvalue weighted by atomic mass is 9.86. The van der Waals surface area contributed by atoms with E-state index in [1.807, 2.05) is 18.3 Å². The van der Waals surface area contributed by atoms with Crippen molar-refractivity contribution in [2.75, 3.05) is 5.75 Å². The number of nitrogens with one attached hydrogen (secondary N) is 1. The normalized spacial score (nSPS) is 28.5. The molecule has 0 amide bonds. The number of nitrogens with zero attached hydrogens (tertiary/aromatic N) is 2. The van der Waals surface area contributed by atoms with Gasteiger partial charge < -0.3 is 0 Å². The summed E-state index contributed by atoms with van der Waals surface area (Å²) >= 11 is 5.20. The van der Waals surface area contributed by atoms with Crippen molar-refractivity contribution in [3.05, 3.63) is 22.8 Å². The van der Waals surface area contributed by atoms with E-state index in [0.29, 0.717) is 12.0 Å². The van der Waals surface area contributed by atoms with Gasteiger partial charge in [0.1, 0.15) is 5.54 Å². The number of pyridine rings is 1. The van der Waals surface area contributed by atoms with Crippen LogP contribution in [-0.2, 0) is 0 Å². The number of nitriles is 1. The number of hydrogen-bond donors (Lipinski definition) is 1. The van der Waals surface area contributed by atoms with E-state index in [9.17, 15) is 5.26 Å². The summed E-state index contributed by atoms with van der Waals surface area (Å²) < 4.78 is 1.01. The third kappa shape index (κ3) is 3.80. The maximum atomic E-state index is 9.67. The molecular formula is C16H20BrN3S. The molecule has 0 spiro atoms. The van der Waals surface area contributed by atoms with E-state index in [4.69, 9.17) is 0 Å². The van der Waals surface area contributed by atoms with Crippen molar-refractivity contribution in [2.24, 2.45) is 5.92 Å². The second-order valence-electron chi connectivity index (χ2n) is 6.04. The zero-order valence-electron chi connectivity index (χ0n) is 12.0. The Bertz CT molecular complexity index is 523. The van der Waals surface area contributed by atoms with E-state index >= 15 is 0 Å². The van der Waals surface area contributed by atoms with Crippen molar-refractivity contribution >= 4 is 27.7 Å². The molecule has 2 saturated carbocycles. The van der Waals surface area contributed by atoms with Crippen LogP contribution in [0.2, 0.25) is 0 Å². The van der Waals surface area contributed by atoms with Crippen LogP contribution in [0.4, 0.5) is 0 Å². The van der Waals surface area contributed by atoms with Crippen LogP contribution in [0.25, 0.3) is 0 Å². The molecule has 3 rings (SSSR count). The molecule has 1 aromatic heterocycles. The van der Waals surface area contributed by atoms with E-state index in [0.717, 1.165) is 28.1 Å². The Labute approximate surface area is 139 Å². The third-order valence-electron chi connectivity index (χ3n) is 4.48. The fourth-order valence-corrected chi connectivity index (χ4v) is 4.32. The molecule has 0 aromatic carbocycles. The highest BCUT2D eigenvalue weighted by molar-refractivity contribution is 9.10. The second-order valence-corrected chi connectivity index (χ2v) is 8.07. The average Bonchev–Trinajstić information content (AvgIpc) is 3.21. The summed E-state index contributed by atoms with van der Waals surface area (Å²) in [7, 11) is 0. The van der Waals surface area contributed by atoms with E-state index in [1.54, 1.807) is 11.8 Å². The quantitative estimate of drug-likeness (QED) is 0.769. The molecule has 112 valence electrons. The SMILES string of the molecule is N#CC1(NC2CC2)CCCC1CCSc1ccc(Br)cn1. The largest absolute Gasteiger partial charge is 0.296 e. The Kier molecular flexibility index (Phi) is 4.88. The minimum Gasteiger partial charge on any atom is -0.296 e. The van der Waals surface area contributed by atoms with Gasteiger partial charge in [0.25, 0.3) is 0 Å². The molecule has 0 bridgehead atoms. The first-order chi connectivity index (χ1) is 10.2. The molecule has 21 heavy (non-hydrogen) atoms. The Hall–Kier alpha value is -0.570. The Morgan fingerprint density at radius 1 is 1.43 bits per heavy atom. The number of halogens is 1. The van der Waals surface area contributed by atoms with Crippen LogP contribution in [0.1, 0.15) is 38.5 Å². The van der Waals surface area contributed by atoms with Gasteiger partial charge in [-0.25, -0.2) is 4.98 Å². The molecule has 2 aliphatic carbocycles. The molecular weight excluding hydrogens is 346 g/mol. The Morgan fingerprint density at radius 3 is 2.95 bits per heavy atom.